The Morgan fingerprint density at radius 3 is 1.75 bits per heavy atom. The third-order valence-electron chi connectivity index (χ3n) is 0. The van der Waals surface area contributed by atoms with E-state index in [9.17, 15) is 0 Å². The molecule has 22 valence electrons. The van der Waals surface area contributed by atoms with Crippen molar-refractivity contribution >= 4 is 12.6 Å². The second-order valence-electron chi connectivity index (χ2n) is 0.258. The van der Waals surface area contributed by atoms with Gasteiger partial charge < -0.3 is 12.6 Å². The van der Waals surface area contributed by atoms with Crippen molar-refractivity contribution < 1.29 is 19.5 Å². The summed E-state index contributed by atoms with van der Waals surface area (Å²) in [6.07, 6.45) is 0. The molecule has 0 aliphatic rings. The molecule has 0 amide bonds. The fourth-order valence-electron chi connectivity index (χ4n) is 0. The Labute approximate surface area is 45.1 Å². The van der Waals surface area contributed by atoms with E-state index in [1.807, 2.05) is 6.92 Å². The van der Waals surface area contributed by atoms with Crippen LogP contribution in [0.1, 0.15) is 6.92 Å². The molecule has 0 unspecified atom stereocenters. The SMILES string of the molecule is C[CH-]S.[Zn]. The third-order valence-corrected chi connectivity index (χ3v) is 0. The van der Waals surface area contributed by atoms with Crippen LogP contribution in [0.3, 0.4) is 0 Å². The zero-order valence-corrected chi connectivity index (χ0v) is 6.59. The zero-order chi connectivity index (χ0) is 2.71. The van der Waals surface area contributed by atoms with E-state index in [0.29, 0.717) is 0 Å². The van der Waals surface area contributed by atoms with Gasteiger partial charge in [-0.3, -0.25) is 5.75 Å². The Hall–Kier alpha value is 0.973. The van der Waals surface area contributed by atoms with Crippen molar-refractivity contribution in [3.05, 3.63) is 5.75 Å². The smallest absolute Gasteiger partial charge is 0 e. The number of hydrogen-bond acceptors (Lipinski definition) is 1. The van der Waals surface area contributed by atoms with Crippen LogP contribution >= 0.6 is 12.6 Å². The summed E-state index contributed by atoms with van der Waals surface area (Å²) in [6.45, 7) is 1.86. The van der Waals surface area contributed by atoms with Crippen LogP contribution in [0.2, 0.25) is 0 Å². The summed E-state index contributed by atoms with van der Waals surface area (Å²) < 4.78 is 0. The van der Waals surface area contributed by atoms with E-state index in [0.717, 1.165) is 0 Å². The molecule has 0 nitrogen and oxygen atoms in total. The molecular formula is C2H5SZn-. The summed E-state index contributed by atoms with van der Waals surface area (Å²) in [7, 11) is 0. The van der Waals surface area contributed by atoms with Gasteiger partial charge in [-0.15, -0.1) is 0 Å². The molecule has 0 spiro atoms. The van der Waals surface area contributed by atoms with E-state index in [4.69, 9.17) is 0 Å². The Kier molecular flexibility index (Phi) is 20.0. The molecule has 0 saturated carbocycles. The van der Waals surface area contributed by atoms with Crippen LogP contribution in [0.25, 0.3) is 0 Å². The zero-order valence-electron chi connectivity index (χ0n) is 2.73. The van der Waals surface area contributed by atoms with Gasteiger partial charge in [0.15, 0.2) is 0 Å². The van der Waals surface area contributed by atoms with Crippen molar-refractivity contribution in [1.29, 1.82) is 0 Å². The molecule has 0 fully saturated rings. The molecule has 4 heavy (non-hydrogen) atoms. The molecule has 0 bridgehead atoms. The van der Waals surface area contributed by atoms with Gasteiger partial charge in [0, 0.05) is 19.5 Å². The van der Waals surface area contributed by atoms with Crippen molar-refractivity contribution in [2.24, 2.45) is 0 Å². The molecule has 0 aliphatic carbocycles. The van der Waals surface area contributed by atoms with E-state index in [1.165, 1.54) is 0 Å². The van der Waals surface area contributed by atoms with Gasteiger partial charge in [-0.25, -0.2) is 0 Å². The minimum absolute atomic E-state index is 0. The minimum Gasteiger partial charge on any atom is -0.369 e. The van der Waals surface area contributed by atoms with E-state index >= 15 is 0 Å². The van der Waals surface area contributed by atoms with Gasteiger partial charge in [0.25, 0.3) is 0 Å². The van der Waals surface area contributed by atoms with Crippen LogP contribution in [-0.4, -0.2) is 0 Å². The molecule has 0 N–H and O–H groups in total. The monoisotopic (exact) mass is 125 g/mol. The van der Waals surface area contributed by atoms with Gasteiger partial charge in [-0.1, -0.05) is 0 Å². The van der Waals surface area contributed by atoms with Crippen LogP contribution in [0.5, 0.6) is 0 Å². The molecule has 0 atom stereocenters. The predicted molar refractivity (Wildman–Crippen MR) is 19.0 cm³/mol. The fraction of sp³-hybridized carbons (Fsp3) is 0.500. The topological polar surface area (TPSA) is 0 Å². The van der Waals surface area contributed by atoms with E-state index < -0.39 is 0 Å². The maximum absolute atomic E-state index is 3.66. The first kappa shape index (κ1) is 8.88. The average Bonchev–Trinajstić information content (AvgIpc) is 0.918. The van der Waals surface area contributed by atoms with Crippen molar-refractivity contribution in [2.75, 3.05) is 0 Å². The van der Waals surface area contributed by atoms with Crippen LogP contribution in [0, 0.1) is 5.75 Å². The molecule has 0 aromatic rings. The average molecular weight is 127 g/mol. The molecular weight excluding hydrogens is 121 g/mol. The normalized spacial score (nSPS) is 4.50. The second-order valence-corrected chi connectivity index (χ2v) is 0.775. The summed E-state index contributed by atoms with van der Waals surface area (Å²) in [4.78, 5) is 0. The summed E-state index contributed by atoms with van der Waals surface area (Å²) in [6, 6.07) is 0. The number of rotatable bonds is 0. The second kappa shape index (κ2) is 9.02. The van der Waals surface area contributed by atoms with Crippen molar-refractivity contribution in [3.8, 4) is 0 Å². The first-order chi connectivity index (χ1) is 1.41. The largest absolute Gasteiger partial charge is 0.369 e. The van der Waals surface area contributed by atoms with Crippen LogP contribution in [0.15, 0.2) is 0 Å². The molecule has 0 aromatic carbocycles. The number of hydrogen-bond donors (Lipinski definition) is 1. The van der Waals surface area contributed by atoms with Gasteiger partial charge in [0.1, 0.15) is 0 Å². The summed E-state index contributed by atoms with van der Waals surface area (Å²) in [5.41, 5.74) is 0. The first-order valence-corrected chi connectivity index (χ1v) is 1.35. The predicted octanol–water partition coefficient (Wildman–Crippen LogP) is 1.10. The van der Waals surface area contributed by atoms with Crippen LogP contribution in [0.4, 0.5) is 0 Å². The minimum atomic E-state index is 0. The Balaban J connectivity index is 0. The van der Waals surface area contributed by atoms with Gasteiger partial charge in [-0.2, -0.15) is 6.92 Å². The molecule has 0 aromatic heterocycles. The van der Waals surface area contributed by atoms with Crippen LogP contribution < -0.4 is 0 Å². The van der Waals surface area contributed by atoms with E-state index in [2.05, 4.69) is 12.6 Å². The molecule has 0 aliphatic heterocycles. The maximum atomic E-state index is 3.66. The van der Waals surface area contributed by atoms with Gasteiger partial charge in [0.05, 0.1) is 0 Å². The summed E-state index contributed by atoms with van der Waals surface area (Å²) >= 11 is 3.66. The Bertz CT molecular complexity index is 6.00. The van der Waals surface area contributed by atoms with Gasteiger partial charge >= 0.3 is 0 Å². The van der Waals surface area contributed by atoms with Crippen molar-refractivity contribution in [1.82, 2.24) is 0 Å². The molecule has 0 radical (unpaired) electrons. The standard InChI is InChI=1S/C2H5S.Zn/c1-2-3;/h2-3H,1H3;/q-1;. The fourth-order valence-corrected chi connectivity index (χ4v) is 0. The quantitative estimate of drug-likeness (QED) is 0.280. The van der Waals surface area contributed by atoms with Gasteiger partial charge in [-0.05, 0) is 0 Å². The van der Waals surface area contributed by atoms with Crippen molar-refractivity contribution in [2.45, 2.75) is 6.92 Å². The molecule has 0 saturated heterocycles. The van der Waals surface area contributed by atoms with E-state index in [-0.39, 0.29) is 19.5 Å². The number of thiol groups is 1. The summed E-state index contributed by atoms with van der Waals surface area (Å²) in [5.74, 6) is 1.69. The Morgan fingerprint density at radius 1 is 1.75 bits per heavy atom. The van der Waals surface area contributed by atoms with Gasteiger partial charge in [0.2, 0.25) is 0 Å². The van der Waals surface area contributed by atoms with E-state index in [1.54, 1.807) is 5.75 Å². The molecule has 0 rings (SSSR count). The first-order valence-electron chi connectivity index (χ1n) is 0.836. The summed E-state index contributed by atoms with van der Waals surface area (Å²) in [5, 5.41) is 0. The molecule has 0 heterocycles. The molecule has 2 heteroatoms. The van der Waals surface area contributed by atoms with Crippen molar-refractivity contribution in [3.63, 3.8) is 0 Å². The Morgan fingerprint density at radius 2 is 1.75 bits per heavy atom. The maximum Gasteiger partial charge on any atom is 0 e. The third kappa shape index (κ3) is 12.2. The van der Waals surface area contributed by atoms with Crippen LogP contribution in [-0.2, 0) is 19.5 Å².